The lowest BCUT2D eigenvalue weighted by Gasteiger charge is -2.04. The molecule has 0 saturated heterocycles. The third kappa shape index (κ3) is 3.87. The van der Waals surface area contributed by atoms with E-state index < -0.39 is 20.6 Å². The van der Waals surface area contributed by atoms with Crippen molar-refractivity contribution in [3.63, 3.8) is 0 Å². The van der Waals surface area contributed by atoms with Crippen molar-refractivity contribution >= 4 is 38.9 Å². The molecule has 1 heterocycles. The standard InChI is InChI=1S/C12H12N4O4S2/c1-8-2-3-9(21-8)7-14-15-11-5-4-10(22(13,19)20)6-12(11)16(17)18/h2-7,15H,1H3,(H2,13,19,20)/b14-7+. The van der Waals surface area contributed by atoms with E-state index in [0.717, 1.165) is 15.8 Å². The van der Waals surface area contributed by atoms with Gasteiger partial charge in [-0.15, -0.1) is 11.3 Å². The Morgan fingerprint density at radius 1 is 1.36 bits per heavy atom. The highest BCUT2D eigenvalue weighted by Crippen LogP contribution is 2.27. The first kappa shape index (κ1) is 16.1. The van der Waals surface area contributed by atoms with E-state index in [4.69, 9.17) is 5.14 Å². The normalized spacial score (nSPS) is 11.7. The average Bonchev–Trinajstić information content (AvgIpc) is 2.83. The lowest BCUT2D eigenvalue weighted by atomic mass is 10.3. The first-order valence-corrected chi connectivity index (χ1v) is 8.30. The van der Waals surface area contributed by atoms with E-state index in [1.54, 1.807) is 0 Å². The van der Waals surface area contributed by atoms with Crippen LogP contribution in [-0.4, -0.2) is 19.6 Å². The number of nitrogens with one attached hydrogen (secondary N) is 1. The fourth-order valence-corrected chi connectivity index (χ4v) is 2.91. The topological polar surface area (TPSA) is 128 Å². The molecule has 0 saturated carbocycles. The molecule has 0 aliphatic heterocycles. The Balaban J connectivity index is 2.27. The van der Waals surface area contributed by atoms with Crippen LogP contribution in [0.2, 0.25) is 0 Å². The van der Waals surface area contributed by atoms with Gasteiger partial charge in [0.05, 0.1) is 16.0 Å². The molecule has 0 atom stereocenters. The van der Waals surface area contributed by atoms with Crippen molar-refractivity contribution in [3.8, 4) is 0 Å². The van der Waals surface area contributed by atoms with E-state index in [2.05, 4.69) is 10.5 Å². The highest BCUT2D eigenvalue weighted by atomic mass is 32.2. The number of primary sulfonamides is 1. The summed E-state index contributed by atoms with van der Waals surface area (Å²) < 4.78 is 22.5. The number of hydrazone groups is 1. The summed E-state index contributed by atoms with van der Waals surface area (Å²) in [5.41, 5.74) is 2.18. The Morgan fingerprint density at radius 3 is 2.64 bits per heavy atom. The van der Waals surface area contributed by atoms with Crippen molar-refractivity contribution in [2.24, 2.45) is 10.2 Å². The van der Waals surface area contributed by atoms with Crippen molar-refractivity contribution in [1.29, 1.82) is 0 Å². The van der Waals surface area contributed by atoms with Crippen molar-refractivity contribution in [3.05, 3.63) is 50.2 Å². The summed E-state index contributed by atoms with van der Waals surface area (Å²) in [4.78, 5) is 12.0. The maximum Gasteiger partial charge on any atom is 0.295 e. The SMILES string of the molecule is Cc1ccc(/C=N/Nc2ccc(S(N)(=O)=O)cc2[N+](=O)[O-])s1. The van der Waals surface area contributed by atoms with Crippen molar-refractivity contribution in [2.75, 3.05) is 5.43 Å². The molecule has 10 heteroatoms. The van der Waals surface area contributed by atoms with Gasteiger partial charge in [-0.05, 0) is 31.2 Å². The fourth-order valence-electron chi connectivity index (χ4n) is 1.62. The largest absolute Gasteiger partial charge is 0.295 e. The third-order valence-electron chi connectivity index (χ3n) is 2.63. The number of nitrogens with two attached hydrogens (primary N) is 1. The van der Waals surface area contributed by atoms with Gasteiger partial charge < -0.3 is 0 Å². The summed E-state index contributed by atoms with van der Waals surface area (Å²) in [7, 11) is -4.01. The summed E-state index contributed by atoms with van der Waals surface area (Å²) in [5.74, 6) is 0. The van der Waals surface area contributed by atoms with E-state index in [0.29, 0.717) is 0 Å². The molecule has 0 aliphatic carbocycles. The van der Waals surface area contributed by atoms with Gasteiger partial charge in [0.15, 0.2) is 0 Å². The van der Waals surface area contributed by atoms with Gasteiger partial charge in [0, 0.05) is 15.8 Å². The molecular weight excluding hydrogens is 328 g/mol. The van der Waals surface area contributed by atoms with Crippen LogP contribution in [0.5, 0.6) is 0 Å². The zero-order chi connectivity index (χ0) is 16.3. The Labute approximate surface area is 130 Å². The molecule has 116 valence electrons. The minimum absolute atomic E-state index is 0.0712. The minimum Gasteiger partial charge on any atom is -0.272 e. The molecule has 22 heavy (non-hydrogen) atoms. The van der Waals surface area contributed by atoms with Gasteiger partial charge in [-0.3, -0.25) is 15.5 Å². The van der Waals surface area contributed by atoms with Gasteiger partial charge in [-0.25, -0.2) is 13.6 Å². The Morgan fingerprint density at radius 2 is 2.09 bits per heavy atom. The van der Waals surface area contributed by atoms with Crippen molar-refractivity contribution < 1.29 is 13.3 Å². The lowest BCUT2D eigenvalue weighted by Crippen LogP contribution is -2.12. The van der Waals surface area contributed by atoms with Gasteiger partial charge in [0.2, 0.25) is 10.0 Å². The molecule has 1 aromatic carbocycles. The van der Waals surface area contributed by atoms with Crippen molar-refractivity contribution in [1.82, 2.24) is 0 Å². The maximum atomic E-state index is 11.2. The van der Waals surface area contributed by atoms with E-state index >= 15 is 0 Å². The molecule has 0 spiro atoms. The zero-order valence-electron chi connectivity index (χ0n) is 11.4. The van der Waals surface area contributed by atoms with Crippen LogP contribution in [0.1, 0.15) is 9.75 Å². The molecule has 0 radical (unpaired) electrons. The van der Waals surface area contributed by atoms with Crippen LogP contribution in [0.3, 0.4) is 0 Å². The van der Waals surface area contributed by atoms with Gasteiger partial charge in [-0.2, -0.15) is 5.10 Å². The number of sulfonamides is 1. The summed E-state index contributed by atoms with van der Waals surface area (Å²) >= 11 is 1.52. The Hall–Kier alpha value is -2.30. The predicted molar refractivity (Wildman–Crippen MR) is 84.7 cm³/mol. The van der Waals surface area contributed by atoms with E-state index in [9.17, 15) is 18.5 Å². The summed E-state index contributed by atoms with van der Waals surface area (Å²) in [6, 6.07) is 7.10. The van der Waals surface area contributed by atoms with E-state index in [1.165, 1.54) is 29.7 Å². The fraction of sp³-hybridized carbons (Fsp3) is 0.0833. The maximum absolute atomic E-state index is 11.2. The first-order valence-electron chi connectivity index (χ1n) is 5.94. The number of nitro benzene ring substituents is 1. The number of rotatable bonds is 5. The number of benzene rings is 1. The molecule has 0 amide bonds. The highest BCUT2D eigenvalue weighted by molar-refractivity contribution is 7.89. The molecular formula is C12H12N4O4S2. The molecule has 2 aromatic rings. The third-order valence-corrected chi connectivity index (χ3v) is 4.48. The quantitative estimate of drug-likeness (QED) is 0.489. The van der Waals surface area contributed by atoms with E-state index in [-0.39, 0.29) is 10.6 Å². The molecule has 0 fully saturated rings. The van der Waals surface area contributed by atoms with E-state index in [1.807, 2.05) is 19.1 Å². The minimum atomic E-state index is -4.01. The summed E-state index contributed by atoms with van der Waals surface area (Å²) in [6.07, 6.45) is 1.52. The number of hydrogen-bond acceptors (Lipinski definition) is 7. The molecule has 0 aliphatic rings. The lowest BCUT2D eigenvalue weighted by molar-refractivity contribution is -0.384. The molecule has 2 rings (SSSR count). The van der Waals surface area contributed by atoms with Gasteiger partial charge in [0.25, 0.3) is 5.69 Å². The molecule has 3 N–H and O–H groups in total. The molecule has 8 nitrogen and oxygen atoms in total. The second-order valence-corrected chi connectivity index (χ2v) is 7.18. The highest BCUT2D eigenvalue weighted by Gasteiger charge is 2.18. The number of nitrogens with zero attached hydrogens (tertiary/aromatic N) is 2. The van der Waals surface area contributed by atoms with Crippen LogP contribution >= 0.6 is 11.3 Å². The van der Waals surface area contributed by atoms with Crippen LogP contribution in [-0.2, 0) is 10.0 Å². The number of thiophene rings is 1. The molecule has 0 bridgehead atoms. The monoisotopic (exact) mass is 340 g/mol. The first-order chi connectivity index (χ1) is 10.3. The zero-order valence-corrected chi connectivity index (χ0v) is 13.0. The predicted octanol–water partition coefficient (Wildman–Crippen LogP) is 2.06. The molecule has 0 unspecified atom stereocenters. The Bertz CT molecular complexity index is 843. The van der Waals surface area contributed by atoms with Crippen LogP contribution in [0, 0.1) is 17.0 Å². The number of anilines is 1. The van der Waals surface area contributed by atoms with Crippen LogP contribution in [0.25, 0.3) is 0 Å². The van der Waals surface area contributed by atoms with Gasteiger partial charge >= 0.3 is 0 Å². The second kappa shape index (κ2) is 6.22. The van der Waals surface area contributed by atoms with Gasteiger partial charge in [0.1, 0.15) is 5.69 Å². The molecule has 1 aromatic heterocycles. The van der Waals surface area contributed by atoms with Crippen LogP contribution < -0.4 is 10.6 Å². The Kier molecular flexibility index (Phi) is 4.54. The summed E-state index contributed by atoms with van der Waals surface area (Å²) in [6.45, 7) is 1.95. The number of nitro groups is 1. The van der Waals surface area contributed by atoms with Crippen LogP contribution in [0.15, 0.2) is 40.3 Å². The second-order valence-electron chi connectivity index (χ2n) is 4.30. The smallest absolute Gasteiger partial charge is 0.272 e. The average molecular weight is 340 g/mol. The number of aryl methyl sites for hydroxylation is 1. The summed E-state index contributed by atoms with van der Waals surface area (Å²) in [5, 5.41) is 19.9. The van der Waals surface area contributed by atoms with Crippen LogP contribution in [0.4, 0.5) is 11.4 Å². The van der Waals surface area contributed by atoms with Gasteiger partial charge in [-0.1, -0.05) is 0 Å². The van der Waals surface area contributed by atoms with Crippen molar-refractivity contribution in [2.45, 2.75) is 11.8 Å². The number of hydrogen-bond donors (Lipinski definition) is 2.